The zero-order chi connectivity index (χ0) is 18.6. The molecule has 1 atom stereocenters. The van der Waals surface area contributed by atoms with Gasteiger partial charge in [-0.2, -0.15) is 0 Å². The normalized spacial score (nSPS) is 16.3. The fourth-order valence-corrected chi connectivity index (χ4v) is 3.88. The van der Waals surface area contributed by atoms with Crippen LogP contribution < -0.4 is 4.90 Å². The number of carbonyl (C=O) groups is 1. The van der Waals surface area contributed by atoms with Crippen molar-refractivity contribution in [3.63, 3.8) is 0 Å². The molecule has 0 radical (unpaired) electrons. The van der Waals surface area contributed by atoms with Gasteiger partial charge in [0.25, 0.3) is 5.91 Å². The van der Waals surface area contributed by atoms with Gasteiger partial charge in [0.1, 0.15) is 6.17 Å². The van der Waals surface area contributed by atoms with Crippen LogP contribution in [0.5, 0.6) is 0 Å². The van der Waals surface area contributed by atoms with Crippen molar-refractivity contribution in [1.29, 1.82) is 0 Å². The van der Waals surface area contributed by atoms with Gasteiger partial charge in [-0.05, 0) is 29.7 Å². The van der Waals surface area contributed by atoms with Crippen LogP contribution in [-0.4, -0.2) is 17.4 Å². The van der Waals surface area contributed by atoms with Crippen molar-refractivity contribution in [2.24, 2.45) is 0 Å². The van der Waals surface area contributed by atoms with E-state index in [4.69, 9.17) is 0 Å². The largest absolute Gasteiger partial charge is 0.347 e. The molecule has 27 heavy (non-hydrogen) atoms. The summed E-state index contributed by atoms with van der Waals surface area (Å²) < 4.78 is 0. The Kier molecular flexibility index (Phi) is 4.93. The number of hydrogen-bond donors (Lipinski definition) is 0. The van der Waals surface area contributed by atoms with Crippen molar-refractivity contribution in [3.05, 3.63) is 102 Å². The molecule has 1 amide bonds. The predicted molar refractivity (Wildman–Crippen MR) is 110 cm³/mol. The first-order valence-electron chi connectivity index (χ1n) is 9.55. The zero-order valence-electron chi connectivity index (χ0n) is 15.6. The van der Waals surface area contributed by atoms with Gasteiger partial charge in [-0.15, -0.1) is 0 Å². The summed E-state index contributed by atoms with van der Waals surface area (Å²) in [6.45, 7) is 3.67. The summed E-state index contributed by atoms with van der Waals surface area (Å²) in [4.78, 5) is 17.8. The van der Waals surface area contributed by atoms with Gasteiger partial charge in [-0.3, -0.25) is 4.79 Å². The van der Waals surface area contributed by atoms with E-state index in [2.05, 4.69) is 42.2 Å². The lowest BCUT2D eigenvalue weighted by Gasteiger charge is -2.46. The van der Waals surface area contributed by atoms with E-state index < -0.39 is 0 Å². The van der Waals surface area contributed by atoms with E-state index in [1.807, 2.05) is 59.5 Å². The van der Waals surface area contributed by atoms with Gasteiger partial charge in [-0.25, -0.2) is 0 Å². The molecule has 3 aromatic rings. The van der Waals surface area contributed by atoms with Crippen molar-refractivity contribution < 1.29 is 4.79 Å². The summed E-state index contributed by atoms with van der Waals surface area (Å²) in [7, 11) is 0. The molecule has 4 rings (SSSR count). The number of para-hydroxylation sites is 1. The summed E-state index contributed by atoms with van der Waals surface area (Å²) in [5, 5.41) is 0. The predicted octanol–water partition coefficient (Wildman–Crippen LogP) is 5.26. The van der Waals surface area contributed by atoms with E-state index in [0.29, 0.717) is 6.54 Å². The topological polar surface area (TPSA) is 23.6 Å². The van der Waals surface area contributed by atoms with Crippen LogP contribution in [0.15, 0.2) is 84.9 Å². The standard InChI is InChI=1S/C24H24N2O/c1-2-17-25-22-16-10-9-15-21(22)24(27)26(18-19-11-5-3-6-12-19)23(25)20-13-7-4-8-14-20/h3-16,23H,2,17-18H2,1H3. The molecule has 1 aliphatic rings. The van der Waals surface area contributed by atoms with Gasteiger partial charge < -0.3 is 9.80 Å². The van der Waals surface area contributed by atoms with Crippen molar-refractivity contribution in [2.75, 3.05) is 11.4 Å². The van der Waals surface area contributed by atoms with Crippen LogP contribution in [0.2, 0.25) is 0 Å². The van der Waals surface area contributed by atoms with E-state index in [-0.39, 0.29) is 12.1 Å². The number of anilines is 1. The molecule has 3 nitrogen and oxygen atoms in total. The monoisotopic (exact) mass is 356 g/mol. The summed E-state index contributed by atoms with van der Waals surface area (Å²) in [6.07, 6.45) is 0.916. The molecule has 0 spiro atoms. The molecule has 3 heteroatoms. The minimum Gasteiger partial charge on any atom is -0.347 e. The Hall–Kier alpha value is -3.07. The summed E-state index contributed by atoms with van der Waals surface area (Å²) >= 11 is 0. The maximum Gasteiger partial charge on any atom is 0.258 e. The maximum absolute atomic E-state index is 13.5. The van der Waals surface area contributed by atoms with E-state index in [0.717, 1.165) is 35.3 Å². The van der Waals surface area contributed by atoms with Crippen molar-refractivity contribution in [2.45, 2.75) is 26.1 Å². The first-order valence-corrected chi connectivity index (χ1v) is 9.55. The van der Waals surface area contributed by atoms with Crippen LogP contribution in [0.1, 0.15) is 41.0 Å². The average Bonchev–Trinajstić information content (AvgIpc) is 2.73. The highest BCUT2D eigenvalue weighted by Gasteiger charge is 2.37. The van der Waals surface area contributed by atoms with Crippen LogP contribution in [0, 0.1) is 0 Å². The molecule has 136 valence electrons. The van der Waals surface area contributed by atoms with E-state index in [1.54, 1.807) is 0 Å². The third-order valence-electron chi connectivity index (χ3n) is 5.05. The quantitative estimate of drug-likeness (QED) is 0.623. The molecule has 0 N–H and O–H groups in total. The van der Waals surface area contributed by atoms with E-state index in [1.165, 1.54) is 0 Å². The van der Waals surface area contributed by atoms with Gasteiger partial charge in [0.2, 0.25) is 0 Å². The molecular formula is C24H24N2O. The number of hydrogen-bond acceptors (Lipinski definition) is 2. The third kappa shape index (κ3) is 3.33. The Morgan fingerprint density at radius 3 is 2.11 bits per heavy atom. The van der Waals surface area contributed by atoms with Crippen LogP contribution in [0.3, 0.4) is 0 Å². The fourth-order valence-electron chi connectivity index (χ4n) is 3.88. The van der Waals surface area contributed by atoms with Gasteiger partial charge >= 0.3 is 0 Å². The smallest absolute Gasteiger partial charge is 0.258 e. The summed E-state index contributed by atoms with van der Waals surface area (Å²) in [5.74, 6) is 0.0932. The summed E-state index contributed by atoms with van der Waals surface area (Å²) in [6, 6.07) is 28.6. The second kappa shape index (κ2) is 7.67. The number of fused-ring (bicyclic) bond motifs is 1. The number of carbonyl (C=O) groups excluding carboxylic acids is 1. The fraction of sp³-hybridized carbons (Fsp3) is 0.208. The second-order valence-electron chi connectivity index (χ2n) is 6.91. The molecule has 1 aliphatic heterocycles. The molecule has 0 aliphatic carbocycles. The third-order valence-corrected chi connectivity index (χ3v) is 5.05. The van der Waals surface area contributed by atoms with Gasteiger partial charge in [0.05, 0.1) is 11.3 Å². The van der Waals surface area contributed by atoms with Crippen molar-refractivity contribution in [3.8, 4) is 0 Å². The van der Waals surface area contributed by atoms with Crippen LogP contribution in [-0.2, 0) is 6.54 Å². The molecular weight excluding hydrogens is 332 g/mol. The van der Waals surface area contributed by atoms with Gasteiger partial charge in [0, 0.05) is 13.1 Å². The van der Waals surface area contributed by atoms with Crippen LogP contribution in [0.25, 0.3) is 0 Å². The molecule has 0 saturated heterocycles. The minimum absolute atomic E-state index is 0.0932. The van der Waals surface area contributed by atoms with Crippen LogP contribution >= 0.6 is 0 Å². The SMILES string of the molecule is CCCN1c2ccccc2C(=O)N(Cc2ccccc2)C1c1ccccc1. The molecule has 0 fully saturated rings. The number of nitrogens with zero attached hydrogens (tertiary/aromatic N) is 2. The molecule has 0 aromatic heterocycles. The minimum atomic E-state index is -0.103. The average molecular weight is 356 g/mol. The molecule has 3 aromatic carbocycles. The molecule has 1 heterocycles. The Labute approximate surface area is 160 Å². The van der Waals surface area contributed by atoms with Crippen molar-refractivity contribution in [1.82, 2.24) is 4.90 Å². The van der Waals surface area contributed by atoms with E-state index in [9.17, 15) is 4.79 Å². The lowest BCUT2D eigenvalue weighted by Crippen LogP contribution is -2.49. The molecule has 0 saturated carbocycles. The van der Waals surface area contributed by atoms with E-state index >= 15 is 0 Å². The highest BCUT2D eigenvalue weighted by Crippen LogP contribution is 2.39. The maximum atomic E-state index is 13.5. The Morgan fingerprint density at radius 1 is 0.778 bits per heavy atom. The van der Waals surface area contributed by atoms with Gasteiger partial charge in [-0.1, -0.05) is 79.7 Å². The lowest BCUT2D eigenvalue weighted by atomic mass is 10.00. The molecule has 1 unspecified atom stereocenters. The number of amides is 1. The highest BCUT2D eigenvalue weighted by atomic mass is 16.2. The molecule has 0 bridgehead atoms. The Balaban J connectivity index is 1.84. The van der Waals surface area contributed by atoms with Crippen molar-refractivity contribution >= 4 is 11.6 Å². The number of rotatable bonds is 5. The Bertz CT molecular complexity index is 908. The lowest BCUT2D eigenvalue weighted by molar-refractivity contribution is 0.0629. The number of benzene rings is 3. The first-order chi connectivity index (χ1) is 13.3. The van der Waals surface area contributed by atoms with Crippen LogP contribution in [0.4, 0.5) is 5.69 Å². The highest BCUT2D eigenvalue weighted by molar-refractivity contribution is 6.02. The first kappa shape index (κ1) is 17.3. The summed E-state index contributed by atoms with van der Waals surface area (Å²) in [5.41, 5.74) is 4.10. The Morgan fingerprint density at radius 2 is 1.41 bits per heavy atom. The van der Waals surface area contributed by atoms with Gasteiger partial charge in [0.15, 0.2) is 0 Å². The second-order valence-corrected chi connectivity index (χ2v) is 6.91. The zero-order valence-corrected chi connectivity index (χ0v) is 15.6.